The Morgan fingerprint density at radius 3 is 2.58 bits per heavy atom. The highest BCUT2D eigenvalue weighted by Crippen LogP contribution is 2.37. The van der Waals surface area contributed by atoms with Crippen LogP contribution in [-0.2, 0) is 32.6 Å². The van der Waals surface area contributed by atoms with Gasteiger partial charge in [-0.25, -0.2) is 8.42 Å². The van der Waals surface area contributed by atoms with E-state index in [1.165, 1.54) is 27.6 Å². The highest BCUT2D eigenvalue weighted by molar-refractivity contribution is 7.89. The standard InChI is InChI=1S/C23H24ClN3O5S/c24-18-11-19-20(32-14-22(28)25-19)12-21(18)33(30,31)27-9-6-16(7-10-27)23(29)26-8-5-15-3-1-2-4-17(15)13-26/h1-4,11-12,16H,5-10,13-14H2,(H,25,28). The molecule has 8 nitrogen and oxygen atoms in total. The molecule has 174 valence electrons. The summed E-state index contributed by atoms with van der Waals surface area (Å²) >= 11 is 6.26. The zero-order valence-electron chi connectivity index (χ0n) is 17.9. The first-order valence-corrected chi connectivity index (χ1v) is 12.8. The topological polar surface area (TPSA) is 96.0 Å². The minimum absolute atomic E-state index is 0.0183. The third-order valence-electron chi connectivity index (χ3n) is 6.53. The van der Waals surface area contributed by atoms with Crippen molar-refractivity contribution in [2.45, 2.75) is 30.7 Å². The lowest BCUT2D eigenvalue weighted by Crippen LogP contribution is -2.45. The van der Waals surface area contributed by atoms with Crippen molar-refractivity contribution in [1.29, 1.82) is 0 Å². The normalized spacial score (nSPS) is 19.3. The SMILES string of the molecule is O=C1COc2cc(S(=O)(=O)N3CCC(C(=O)N4CCc5ccccc5C4)CC3)c(Cl)cc2N1. The lowest BCUT2D eigenvalue weighted by atomic mass is 9.94. The Morgan fingerprint density at radius 1 is 1.09 bits per heavy atom. The van der Waals surface area contributed by atoms with Crippen molar-refractivity contribution in [1.82, 2.24) is 9.21 Å². The van der Waals surface area contributed by atoms with Gasteiger partial charge in [0.1, 0.15) is 10.6 Å². The first-order valence-electron chi connectivity index (χ1n) is 10.9. The van der Waals surface area contributed by atoms with Crippen molar-refractivity contribution in [2.75, 3.05) is 31.6 Å². The summed E-state index contributed by atoms with van der Waals surface area (Å²) in [4.78, 5) is 26.4. The van der Waals surface area contributed by atoms with Gasteiger partial charge < -0.3 is 15.0 Å². The molecule has 1 saturated heterocycles. The number of carbonyl (C=O) groups excluding carboxylic acids is 2. The molecule has 0 aliphatic carbocycles. The fraction of sp³-hybridized carbons (Fsp3) is 0.391. The van der Waals surface area contributed by atoms with Crippen LogP contribution >= 0.6 is 11.6 Å². The Hall–Kier alpha value is -2.62. The van der Waals surface area contributed by atoms with Crippen molar-refractivity contribution in [3.8, 4) is 5.75 Å². The van der Waals surface area contributed by atoms with Gasteiger partial charge in [-0.1, -0.05) is 35.9 Å². The number of hydrogen-bond acceptors (Lipinski definition) is 5. The molecule has 3 aliphatic heterocycles. The molecular formula is C23H24ClN3O5S. The Balaban J connectivity index is 1.26. The largest absolute Gasteiger partial charge is 0.482 e. The van der Waals surface area contributed by atoms with E-state index >= 15 is 0 Å². The van der Waals surface area contributed by atoms with Gasteiger partial charge in [-0.2, -0.15) is 4.31 Å². The van der Waals surface area contributed by atoms with Crippen LogP contribution in [0.2, 0.25) is 5.02 Å². The van der Waals surface area contributed by atoms with Gasteiger partial charge in [-0.15, -0.1) is 0 Å². The Morgan fingerprint density at radius 2 is 1.82 bits per heavy atom. The van der Waals surface area contributed by atoms with E-state index in [1.54, 1.807) is 0 Å². The summed E-state index contributed by atoms with van der Waals surface area (Å²) in [5.74, 6) is -0.150. The minimum Gasteiger partial charge on any atom is -0.482 e. The lowest BCUT2D eigenvalue weighted by molar-refractivity contribution is -0.137. The molecule has 2 aromatic rings. The summed E-state index contributed by atoms with van der Waals surface area (Å²) < 4.78 is 33.3. The number of rotatable bonds is 3. The summed E-state index contributed by atoms with van der Waals surface area (Å²) in [5.41, 5.74) is 2.81. The van der Waals surface area contributed by atoms with Crippen LogP contribution in [0.4, 0.5) is 5.69 Å². The van der Waals surface area contributed by atoms with Crippen LogP contribution in [0.3, 0.4) is 0 Å². The van der Waals surface area contributed by atoms with Crippen LogP contribution in [0.1, 0.15) is 24.0 Å². The van der Waals surface area contributed by atoms with E-state index in [9.17, 15) is 18.0 Å². The molecule has 0 aromatic heterocycles. The molecule has 0 spiro atoms. The molecular weight excluding hydrogens is 466 g/mol. The fourth-order valence-electron chi connectivity index (χ4n) is 4.70. The highest BCUT2D eigenvalue weighted by Gasteiger charge is 2.36. The van der Waals surface area contributed by atoms with Crippen molar-refractivity contribution in [3.05, 3.63) is 52.5 Å². The zero-order valence-corrected chi connectivity index (χ0v) is 19.5. The average Bonchev–Trinajstić information content (AvgIpc) is 2.82. The molecule has 0 atom stereocenters. The number of nitrogens with one attached hydrogen (secondary N) is 1. The average molecular weight is 490 g/mol. The van der Waals surface area contributed by atoms with E-state index in [0.717, 1.165) is 6.42 Å². The number of nitrogens with zero attached hydrogens (tertiary/aromatic N) is 2. The second-order valence-electron chi connectivity index (χ2n) is 8.57. The summed E-state index contributed by atoms with van der Waals surface area (Å²) in [5, 5.41) is 2.63. The third kappa shape index (κ3) is 4.20. The van der Waals surface area contributed by atoms with Crippen LogP contribution in [0.15, 0.2) is 41.3 Å². The van der Waals surface area contributed by atoms with E-state index in [4.69, 9.17) is 16.3 Å². The fourth-order valence-corrected chi connectivity index (χ4v) is 6.69. The second kappa shape index (κ2) is 8.62. The number of carbonyl (C=O) groups is 2. The van der Waals surface area contributed by atoms with Gasteiger partial charge in [0.15, 0.2) is 6.61 Å². The van der Waals surface area contributed by atoms with Gasteiger partial charge in [-0.05, 0) is 36.5 Å². The number of amides is 2. The maximum absolute atomic E-state index is 13.3. The molecule has 0 unspecified atom stereocenters. The van der Waals surface area contributed by atoms with Gasteiger partial charge in [-0.3, -0.25) is 9.59 Å². The van der Waals surface area contributed by atoms with Crippen LogP contribution in [-0.4, -0.2) is 55.7 Å². The molecule has 5 rings (SSSR count). The summed E-state index contributed by atoms with van der Waals surface area (Å²) in [7, 11) is -3.87. The number of ether oxygens (including phenoxy) is 1. The molecule has 0 saturated carbocycles. The van der Waals surface area contributed by atoms with Gasteiger partial charge in [0.2, 0.25) is 15.9 Å². The molecule has 2 aromatic carbocycles. The lowest BCUT2D eigenvalue weighted by Gasteiger charge is -2.35. The number of halogens is 1. The first-order chi connectivity index (χ1) is 15.8. The number of hydrogen-bond donors (Lipinski definition) is 1. The maximum Gasteiger partial charge on any atom is 0.262 e. The molecule has 33 heavy (non-hydrogen) atoms. The van der Waals surface area contributed by atoms with Crippen LogP contribution < -0.4 is 10.1 Å². The molecule has 3 heterocycles. The van der Waals surface area contributed by atoms with Gasteiger partial charge in [0, 0.05) is 38.2 Å². The summed E-state index contributed by atoms with van der Waals surface area (Å²) in [6.07, 6.45) is 1.77. The van der Waals surface area contributed by atoms with Crippen molar-refractivity contribution < 1.29 is 22.7 Å². The molecule has 0 bridgehead atoms. The molecule has 1 fully saturated rings. The van der Waals surface area contributed by atoms with E-state index in [-0.39, 0.29) is 53.1 Å². The van der Waals surface area contributed by atoms with E-state index in [1.807, 2.05) is 17.0 Å². The van der Waals surface area contributed by atoms with Gasteiger partial charge in [0.25, 0.3) is 5.91 Å². The number of fused-ring (bicyclic) bond motifs is 2. The first kappa shape index (κ1) is 22.2. The molecule has 0 radical (unpaired) electrons. The number of piperidine rings is 1. The van der Waals surface area contributed by atoms with Crippen molar-refractivity contribution >= 4 is 39.1 Å². The van der Waals surface area contributed by atoms with E-state index in [2.05, 4.69) is 17.4 Å². The van der Waals surface area contributed by atoms with E-state index < -0.39 is 10.0 Å². The maximum atomic E-state index is 13.3. The molecule has 3 aliphatic rings. The number of sulfonamides is 1. The minimum atomic E-state index is -3.87. The van der Waals surface area contributed by atoms with Crippen LogP contribution in [0, 0.1) is 5.92 Å². The van der Waals surface area contributed by atoms with Crippen LogP contribution in [0.5, 0.6) is 5.75 Å². The predicted molar refractivity (Wildman–Crippen MR) is 123 cm³/mol. The second-order valence-corrected chi connectivity index (χ2v) is 10.9. The monoisotopic (exact) mass is 489 g/mol. The Bertz CT molecular complexity index is 1220. The van der Waals surface area contributed by atoms with Crippen molar-refractivity contribution in [2.24, 2.45) is 5.92 Å². The molecule has 2 amide bonds. The number of benzene rings is 2. The van der Waals surface area contributed by atoms with Crippen molar-refractivity contribution in [3.63, 3.8) is 0 Å². The third-order valence-corrected chi connectivity index (χ3v) is 8.89. The summed E-state index contributed by atoms with van der Waals surface area (Å²) in [6, 6.07) is 10.9. The zero-order chi connectivity index (χ0) is 23.2. The smallest absolute Gasteiger partial charge is 0.262 e. The predicted octanol–water partition coefficient (Wildman–Crippen LogP) is 2.66. The van der Waals surface area contributed by atoms with E-state index in [0.29, 0.717) is 31.6 Å². The van der Waals surface area contributed by atoms with Gasteiger partial charge >= 0.3 is 0 Å². The number of anilines is 1. The molecule has 10 heteroatoms. The van der Waals surface area contributed by atoms with Crippen LogP contribution in [0.25, 0.3) is 0 Å². The Labute approximate surface area is 197 Å². The van der Waals surface area contributed by atoms with Gasteiger partial charge in [0.05, 0.1) is 10.7 Å². The highest BCUT2D eigenvalue weighted by atomic mass is 35.5. The molecule has 1 N–H and O–H groups in total. The summed E-state index contributed by atoms with van der Waals surface area (Å²) in [6.45, 7) is 1.61. The Kier molecular flexibility index (Phi) is 5.80. The quantitative estimate of drug-likeness (QED) is 0.715.